The van der Waals surface area contributed by atoms with E-state index in [1.165, 1.54) is 49.9 Å². The van der Waals surface area contributed by atoms with Crippen molar-refractivity contribution < 1.29 is 0 Å². The molecule has 118 valence electrons. The molecule has 0 aliphatic carbocycles. The lowest BCUT2D eigenvalue weighted by Gasteiger charge is -2.42. The molecular weight excluding hydrogens is 256 g/mol. The van der Waals surface area contributed by atoms with Crippen LogP contribution in [0.3, 0.4) is 0 Å². The van der Waals surface area contributed by atoms with E-state index in [0.717, 1.165) is 6.54 Å². The number of piperidine rings is 1. The lowest BCUT2D eigenvalue weighted by Crippen LogP contribution is -2.43. The molecule has 1 atom stereocenters. The topological polar surface area (TPSA) is 15.3 Å². The Labute approximate surface area is 130 Å². The van der Waals surface area contributed by atoms with Crippen LogP contribution in [0.4, 0.5) is 0 Å². The standard InChI is InChI=1S/C19H32N2/c1-5-19(6-2)11-13-21(14-12-19)15-18(20-4)17-9-7-16(3)8-10-17/h7-10,18,20H,5-6,11-15H2,1-4H3. The van der Waals surface area contributed by atoms with E-state index < -0.39 is 0 Å². The minimum Gasteiger partial charge on any atom is -0.312 e. The molecule has 2 nitrogen and oxygen atoms in total. The highest BCUT2D eigenvalue weighted by Crippen LogP contribution is 2.38. The number of hydrogen-bond donors (Lipinski definition) is 1. The Kier molecular flexibility index (Phi) is 5.83. The Morgan fingerprint density at radius 2 is 1.67 bits per heavy atom. The predicted molar refractivity (Wildman–Crippen MR) is 91.7 cm³/mol. The summed E-state index contributed by atoms with van der Waals surface area (Å²) in [5.41, 5.74) is 3.36. The summed E-state index contributed by atoms with van der Waals surface area (Å²) < 4.78 is 0. The maximum absolute atomic E-state index is 3.49. The molecule has 0 saturated carbocycles. The number of rotatable bonds is 6. The average Bonchev–Trinajstić information content (AvgIpc) is 2.54. The van der Waals surface area contributed by atoms with Crippen molar-refractivity contribution in [3.05, 3.63) is 35.4 Å². The molecule has 1 unspecified atom stereocenters. The second-order valence-electron chi connectivity index (χ2n) is 6.76. The second kappa shape index (κ2) is 7.42. The normalized spacial score (nSPS) is 20.4. The molecule has 1 N–H and O–H groups in total. The highest BCUT2D eigenvalue weighted by molar-refractivity contribution is 5.24. The largest absolute Gasteiger partial charge is 0.312 e. The van der Waals surface area contributed by atoms with Crippen LogP contribution in [0.5, 0.6) is 0 Å². The first-order valence-electron chi connectivity index (χ1n) is 8.58. The van der Waals surface area contributed by atoms with Gasteiger partial charge >= 0.3 is 0 Å². The highest BCUT2D eigenvalue weighted by atomic mass is 15.2. The van der Waals surface area contributed by atoms with E-state index in [-0.39, 0.29) is 0 Å². The van der Waals surface area contributed by atoms with Crippen molar-refractivity contribution in [3.63, 3.8) is 0 Å². The zero-order valence-electron chi connectivity index (χ0n) is 14.3. The van der Waals surface area contributed by atoms with Crippen molar-refractivity contribution in [2.75, 3.05) is 26.7 Å². The number of nitrogens with one attached hydrogen (secondary N) is 1. The monoisotopic (exact) mass is 288 g/mol. The summed E-state index contributed by atoms with van der Waals surface area (Å²) in [5.74, 6) is 0. The molecule has 0 spiro atoms. The maximum atomic E-state index is 3.49. The van der Waals surface area contributed by atoms with Gasteiger partial charge in [0.25, 0.3) is 0 Å². The number of benzene rings is 1. The molecule has 1 aromatic carbocycles. The van der Waals surface area contributed by atoms with E-state index in [9.17, 15) is 0 Å². The summed E-state index contributed by atoms with van der Waals surface area (Å²) in [4.78, 5) is 2.64. The predicted octanol–water partition coefficient (Wildman–Crippen LogP) is 4.16. The van der Waals surface area contributed by atoms with Crippen LogP contribution in [0.15, 0.2) is 24.3 Å². The fourth-order valence-corrected chi connectivity index (χ4v) is 3.59. The zero-order valence-corrected chi connectivity index (χ0v) is 14.3. The third-order valence-electron chi connectivity index (χ3n) is 5.69. The third-order valence-corrected chi connectivity index (χ3v) is 5.69. The van der Waals surface area contributed by atoms with Gasteiger partial charge in [-0.15, -0.1) is 0 Å². The Bertz CT molecular complexity index is 410. The van der Waals surface area contributed by atoms with E-state index in [2.05, 4.69) is 62.3 Å². The Morgan fingerprint density at radius 1 is 1.10 bits per heavy atom. The second-order valence-corrected chi connectivity index (χ2v) is 6.76. The fourth-order valence-electron chi connectivity index (χ4n) is 3.59. The Hall–Kier alpha value is -0.860. The lowest BCUT2D eigenvalue weighted by atomic mass is 9.74. The number of nitrogens with zero attached hydrogens (tertiary/aromatic N) is 1. The molecule has 1 aliphatic rings. The minimum absolute atomic E-state index is 0.446. The quantitative estimate of drug-likeness (QED) is 0.845. The third kappa shape index (κ3) is 4.08. The number of likely N-dealkylation sites (N-methyl/N-ethyl adjacent to an activating group) is 1. The van der Waals surface area contributed by atoms with Crippen molar-refractivity contribution in [2.24, 2.45) is 5.41 Å². The van der Waals surface area contributed by atoms with Crippen LogP contribution >= 0.6 is 0 Å². The first kappa shape index (κ1) is 16.5. The summed E-state index contributed by atoms with van der Waals surface area (Å²) in [5, 5.41) is 3.49. The fraction of sp³-hybridized carbons (Fsp3) is 0.684. The van der Waals surface area contributed by atoms with Gasteiger partial charge in [-0.2, -0.15) is 0 Å². The Balaban J connectivity index is 1.93. The molecule has 0 amide bonds. The molecule has 21 heavy (non-hydrogen) atoms. The van der Waals surface area contributed by atoms with Gasteiger partial charge in [-0.25, -0.2) is 0 Å². The van der Waals surface area contributed by atoms with E-state index in [1.807, 2.05) is 0 Å². The van der Waals surface area contributed by atoms with Crippen molar-refractivity contribution in [1.82, 2.24) is 10.2 Å². The van der Waals surface area contributed by atoms with Gasteiger partial charge in [-0.3, -0.25) is 0 Å². The van der Waals surface area contributed by atoms with Gasteiger partial charge < -0.3 is 10.2 Å². The lowest BCUT2D eigenvalue weighted by molar-refractivity contribution is 0.0891. The molecule has 2 heteroatoms. The van der Waals surface area contributed by atoms with Gasteiger partial charge in [0, 0.05) is 12.6 Å². The summed E-state index contributed by atoms with van der Waals surface area (Å²) in [6.45, 7) is 10.5. The van der Waals surface area contributed by atoms with Crippen molar-refractivity contribution in [3.8, 4) is 0 Å². The van der Waals surface area contributed by atoms with E-state index in [1.54, 1.807) is 0 Å². The molecule has 1 aliphatic heterocycles. The van der Waals surface area contributed by atoms with E-state index in [0.29, 0.717) is 11.5 Å². The molecule has 2 rings (SSSR count). The van der Waals surface area contributed by atoms with Crippen molar-refractivity contribution >= 4 is 0 Å². The van der Waals surface area contributed by atoms with Crippen LogP contribution in [0.2, 0.25) is 0 Å². The van der Waals surface area contributed by atoms with Gasteiger partial charge in [-0.05, 0) is 50.9 Å². The SMILES string of the molecule is CCC1(CC)CCN(CC(NC)c2ccc(C)cc2)CC1. The van der Waals surface area contributed by atoms with Crippen LogP contribution in [0.25, 0.3) is 0 Å². The molecule has 1 saturated heterocycles. The van der Waals surface area contributed by atoms with Crippen LogP contribution in [-0.4, -0.2) is 31.6 Å². The maximum Gasteiger partial charge on any atom is 0.0446 e. The van der Waals surface area contributed by atoms with Crippen LogP contribution in [0, 0.1) is 12.3 Å². The zero-order chi connectivity index (χ0) is 15.3. The van der Waals surface area contributed by atoms with Gasteiger partial charge in [-0.1, -0.05) is 56.5 Å². The first-order valence-corrected chi connectivity index (χ1v) is 8.58. The molecule has 1 heterocycles. The van der Waals surface area contributed by atoms with Gasteiger partial charge in [0.1, 0.15) is 0 Å². The minimum atomic E-state index is 0.446. The summed E-state index contributed by atoms with van der Waals surface area (Å²) in [6.07, 6.45) is 5.41. The number of aryl methyl sites for hydroxylation is 1. The van der Waals surface area contributed by atoms with Crippen molar-refractivity contribution in [1.29, 1.82) is 0 Å². The number of likely N-dealkylation sites (tertiary alicyclic amines) is 1. The van der Waals surface area contributed by atoms with Crippen LogP contribution in [0.1, 0.15) is 56.7 Å². The molecule has 0 bridgehead atoms. The summed E-state index contributed by atoms with van der Waals surface area (Å²) >= 11 is 0. The average molecular weight is 288 g/mol. The molecule has 0 aromatic heterocycles. The molecule has 0 radical (unpaired) electrons. The molecule has 1 fully saturated rings. The van der Waals surface area contributed by atoms with Crippen LogP contribution < -0.4 is 5.32 Å². The molecular formula is C19H32N2. The van der Waals surface area contributed by atoms with Crippen molar-refractivity contribution in [2.45, 2.75) is 52.5 Å². The first-order chi connectivity index (χ1) is 10.1. The summed E-state index contributed by atoms with van der Waals surface area (Å²) in [6, 6.07) is 9.41. The van der Waals surface area contributed by atoms with Crippen LogP contribution in [-0.2, 0) is 0 Å². The smallest absolute Gasteiger partial charge is 0.0446 e. The molecule has 1 aromatic rings. The van der Waals surface area contributed by atoms with Gasteiger partial charge in [0.15, 0.2) is 0 Å². The number of hydrogen-bond acceptors (Lipinski definition) is 2. The Morgan fingerprint density at radius 3 is 2.14 bits per heavy atom. The highest BCUT2D eigenvalue weighted by Gasteiger charge is 2.31. The van der Waals surface area contributed by atoms with E-state index >= 15 is 0 Å². The van der Waals surface area contributed by atoms with E-state index in [4.69, 9.17) is 0 Å². The summed E-state index contributed by atoms with van der Waals surface area (Å²) in [7, 11) is 2.08. The van der Waals surface area contributed by atoms with Gasteiger partial charge in [0.2, 0.25) is 0 Å². The van der Waals surface area contributed by atoms with Gasteiger partial charge in [0.05, 0.1) is 0 Å².